The number of nitrogens with one attached hydrogen (secondary N) is 2. The summed E-state index contributed by atoms with van der Waals surface area (Å²) in [6.07, 6.45) is 0. The van der Waals surface area contributed by atoms with Crippen LogP contribution in [-0.4, -0.2) is 51.2 Å². The van der Waals surface area contributed by atoms with Crippen molar-refractivity contribution < 1.29 is 9.53 Å². The molecule has 0 atom stereocenters. The summed E-state index contributed by atoms with van der Waals surface area (Å²) in [6.45, 7) is 0.911. The lowest BCUT2D eigenvalue weighted by Gasteiger charge is -2.10. The zero-order valence-electron chi connectivity index (χ0n) is 14.6. The summed E-state index contributed by atoms with van der Waals surface area (Å²) in [5.74, 6) is 0.340. The van der Waals surface area contributed by atoms with Crippen molar-refractivity contribution >= 4 is 34.1 Å². The highest BCUT2D eigenvalue weighted by atomic mass is 16.5. The van der Waals surface area contributed by atoms with Crippen LogP contribution in [0.4, 0.5) is 11.5 Å². The lowest BCUT2D eigenvalue weighted by Crippen LogP contribution is -2.26. The summed E-state index contributed by atoms with van der Waals surface area (Å²) in [5.41, 5.74) is 3.32. The van der Waals surface area contributed by atoms with Gasteiger partial charge in [0.1, 0.15) is 0 Å². The normalized spacial score (nSPS) is 11.0. The predicted molar refractivity (Wildman–Crippen MR) is 100 cm³/mol. The molecule has 0 spiro atoms. The number of methoxy groups -OCH3 is 1. The Balaban J connectivity index is 1.65. The van der Waals surface area contributed by atoms with Crippen LogP contribution in [0.15, 0.2) is 48.5 Å². The molecular weight excluding hydrogens is 346 g/mol. The van der Waals surface area contributed by atoms with Crippen molar-refractivity contribution in [3.8, 4) is 0 Å². The highest BCUT2D eigenvalue weighted by Crippen LogP contribution is 2.22. The fourth-order valence-corrected chi connectivity index (χ4v) is 2.73. The first-order valence-electron chi connectivity index (χ1n) is 8.37. The van der Waals surface area contributed by atoms with Crippen LogP contribution in [0.3, 0.4) is 0 Å². The minimum absolute atomic E-state index is 0.170. The van der Waals surface area contributed by atoms with Gasteiger partial charge in [-0.05, 0) is 40.8 Å². The van der Waals surface area contributed by atoms with Gasteiger partial charge in [-0.3, -0.25) is 4.79 Å². The third-order valence-electron chi connectivity index (χ3n) is 4.00. The van der Waals surface area contributed by atoms with Gasteiger partial charge < -0.3 is 15.4 Å². The van der Waals surface area contributed by atoms with Gasteiger partial charge in [-0.2, -0.15) is 4.52 Å². The van der Waals surface area contributed by atoms with Crippen molar-refractivity contribution in [3.63, 3.8) is 0 Å². The number of rotatable bonds is 6. The van der Waals surface area contributed by atoms with Crippen molar-refractivity contribution in [2.75, 3.05) is 25.6 Å². The highest BCUT2D eigenvalue weighted by molar-refractivity contribution is 5.95. The number of benzene rings is 2. The second-order valence-corrected chi connectivity index (χ2v) is 5.82. The van der Waals surface area contributed by atoms with Gasteiger partial charge in [-0.1, -0.05) is 18.2 Å². The van der Waals surface area contributed by atoms with E-state index in [0.29, 0.717) is 35.9 Å². The Morgan fingerprint density at radius 1 is 1.19 bits per heavy atom. The minimum Gasteiger partial charge on any atom is -0.383 e. The van der Waals surface area contributed by atoms with E-state index in [4.69, 9.17) is 4.74 Å². The quantitative estimate of drug-likeness (QED) is 0.503. The molecule has 0 radical (unpaired) electrons. The van der Waals surface area contributed by atoms with E-state index in [-0.39, 0.29) is 5.91 Å². The summed E-state index contributed by atoms with van der Waals surface area (Å²) in [4.78, 5) is 16.8. The van der Waals surface area contributed by atoms with Gasteiger partial charge in [0.05, 0.1) is 17.6 Å². The number of tetrazole rings is 1. The Bertz CT molecular complexity index is 1110. The molecule has 27 heavy (non-hydrogen) atoms. The first-order chi connectivity index (χ1) is 13.3. The second kappa shape index (κ2) is 7.34. The molecule has 2 heterocycles. The van der Waals surface area contributed by atoms with Crippen LogP contribution in [0.5, 0.6) is 0 Å². The smallest absolute Gasteiger partial charge is 0.251 e. The molecular formula is C18H17N7O2. The van der Waals surface area contributed by atoms with E-state index in [1.807, 2.05) is 30.3 Å². The number of nitrogens with zero attached hydrogens (tertiary/aromatic N) is 5. The van der Waals surface area contributed by atoms with Gasteiger partial charge >= 0.3 is 0 Å². The molecule has 0 aliphatic rings. The Hall–Kier alpha value is -3.59. The molecule has 2 aromatic heterocycles. The summed E-state index contributed by atoms with van der Waals surface area (Å²) >= 11 is 0. The molecule has 2 N–H and O–H groups in total. The lowest BCUT2D eigenvalue weighted by molar-refractivity contribution is 0.0937. The van der Waals surface area contributed by atoms with Crippen molar-refractivity contribution in [3.05, 3.63) is 54.1 Å². The molecule has 0 unspecified atom stereocenters. The van der Waals surface area contributed by atoms with E-state index >= 15 is 0 Å². The van der Waals surface area contributed by atoms with Crippen molar-refractivity contribution in [1.29, 1.82) is 0 Å². The van der Waals surface area contributed by atoms with E-state index in [1.165, 1.54) is 0 Å². The lowest BCUT2D eigenvalue weighted by atomic mass is 10.2. The molecule has 0 saturated carbocycles. The SMILES string of the molecule is COCCNC(=O)c1cccc(Nc2nc3ccccc3n3nnnc23)c1. The molecule has 9 nitrogen and oxygen atoms in total. The number of hydrogen-bond acceptors (Lipinski definition) is 7. The van der Waals surface area contributed by atoms with Crippen molar-refractivity contribution in [1.82, 2.24) is 30.3 Å². The number of fused-ring (bicyclic) bond motifs is 3. The van der Waals surface area contributed by atoms with Crippen LogP contribution in [0.2, 0.25) is 0 Å². The molecule has 0 aliphatic carbocycles. The Morgan fingerprint density at radius 2 is 2.07 bits per heavy atom. The number of amides is 1. The average Bonchev–Trinajstić information content (AvgIpc) is 3.19. The summed E-state index contributed by atoms with van der Waals surface area (Å²) in [5, 5.41) is 17.8. The molecule has 2 aromatic carbocycles. The van der Waals surface area contributed by atoms with Gasteiger partial charge in [0.25, 0.3) is 5.91 Å². The number of anilines is 2. The van der Waals surface area contributed by atoms with Gasteiger partial charge in [-0.25, -0.2) is 4.98 Å². The van der Waals surface area contributed by atoms with Gasteiger partial charge in [0.2, 0.25) is 5.65 Å². The van der Waals surface area contributed by atoms with Crippen LogP contribution >= 0.6 is 0 Å². The molecule has 0 aliphatic heterocycles. The number of carbonyl (C=O) groups is 1. The topological polar surface area (TPSA) is 106 Å². The van der Waals surface area contributed by atoms with Crippen molar-refractivity contribution in [2.24, 2.45) is 0 Å². The summed E-state index contributed by atoms with van der Waals surface area (Å²) in [7, 11) is 1.59. The van der Waals surface area contributed by atoms with Gasteiger partial charge in [0, 0.05) is 24.9 Å². The molecule has 0 saturated heterocycles. The predicted octanol–water partition coefficient (Wildman–Crippen LogP) is 1.79. The van der Waals surface area contributed by atoms with Crippen LogP contribution in [0.25, 0.3) is 16.7 Å². The molecule has 136 valence electrons. The first kappa shape index (κ1) is 16.9. The van der Waals surface area contributed by atoms with Crippen LogP contribution < -0.4 is 10.6 Å². The van der Waals surface area contributed by atoms with E-state index in [1.54, 1.807) is 29.8 Å². The van der Waals surface area contributed by atoms with Crippen LogP contribution in [-0.2, 0) is 4.74 Å². The summed E-state index contributed by atoms with van der Waals surface area (Å²) in [6, 6.07) is 14.7. The van der Waals surface area contributed by atoms with E-state index < -0.39 is 0 Å². The number of hydrogen-bond donors (Lipinski definition) is 2. The van der Waals surface area contributed by atoms with E-state index in [9.17, 15) is 4.79 Å². The maximum absolute atomic E-state index is 12.2. The zero-order chi connectivity index (χ0) is 18.6. The summed E-state index contributed by atoms with van der Waals surface area (Å²) < 4.78 is 6.57. The Morgan fingerprint density at radius 3 is 2.96 bits per heavy atom. The molecule has 4 rings (SSSR count). The highest BCUT2D eigenvalue weighted by Gasteiger charge is 2.12. The molecule has 9 heteroatoms. The molecule has 1 amide bonds. The zero-order valence-corrected chi connectivity index (χ0v) is 14.6. The number of carbonyl (C=O) groups excluding carboxylic acids is 1. The fraction of sp³-hybridized carbons (Fsp3) is 0.167. The second-order valence-electron chi connectivity index (χ2n) is 5.82. The third kappa shape index (κ3) is 3.40. The maximum atomic E-state index is 12.2. The average molecular weight is 363 g/mol. The molecule has 0 fully saturated rings. The third-order valence-corrected chi connectivity index (χ3v) is 4.00. The van der Waals surface area contributed by atoms with E-state index in [0.717, 1.165) is 11.0 Å². The minimum atomic E-state index is -0.170. The van der Waals surface area contributed by atoms with Crippen LogP contribution in [0, 0.1) is 0 Å². The Kier molecular flexibility index (Phi) is 4.58. The van der Waals surface area contributed by atoms with E-state index in [2.05, 4.69) is 31.1 Å². The number of para-hydroxylation sites is 2. The largest absolute Gasteiger partial charge is 0.383 e. The standard InChI is InChI=1S/C18H17N7O2/c1-27-10-9-19-18(26)12-5-4-6-13(11-12)20-16-17-22-23-24-25(17)15-8-3-2-7-14(15)21-16/h2-8,11H,9-10H2,1H3,(H,19,26)(H,20,21). The fourth-order valence-electron chi connectivity index (χ4n) is 2.73. The Labute approximate surface area is 154 Å². The first-order valence-corrected chi connectivity index (χ1v) is 8.37. The molecule has 4 aromatic rings. The van der Waals surface area contributed by atoms with Crippen molar-refractivity contribution in [2.45, 2.75) is 0 Å². The van der Waals surface area contributed by atoms with Crippen LogP contribution in [0.1, 0.15) is 10.4 Å². The maximum Gasteiger partial charge on any atom is 0.251 e. The van der Waals surface area contributed by atoms with Gasteiger partial charge in [-0.15, -0.1) is 5.10 Å². The number of aromatic nitrogens is 5. The number of ether oxygens (including phenoxy) is 1. The van der Waals surface area contributed by atoms with Gasteiger partial charge in [0.15, 0.2) is 5.82 Å². The monoisotopic (exact) mass is 363 g/mol. The molecule has 0 bridgehead atoms.